The Morgan fingerprint density at radius 2 is 2.13 bits per heavy atom. The Morgan fingerprint density at radius 1 is 1.53 bits per heavy atom. The first-order chi connectivity index (χ1) is 6.82. The van der Waals surface area contributed by atoms with E-state index in [0.717, 1.165) is 0 Å². The summed E-state index contributed by atoms with van der Waals surface area (Å²) in [5, 5.41) is 11.5. The Labute approximate surface area is 91.9 Å². The lowest BCUT2D eigenvalue weighted by atomic mass is 10.1. The lowest BCUT2D eigenvalue weighted by molar-refractivity contribution is -0.130. The minimum absolute atomic E-state index is 0.0466. The molecule has 0 saturated heterocycles. The Bertz CT molecular complexity index is 387. The molecule has 2 N–H and O–H groups in total. The largest absolute Gasteiger partial charge is 0.381 e. The van der Waals surface area contributed by atoms with Crippen LogP contribution in [0, 0.1) is 5.82 Å². The van der Waals surface area contributed by atoms with Gasteiger partial charge < -0.3 is 10.4 Å². The molecule has 3 nitrogen and oxygen atoms in total. The third-order valence-corrected chi connectivity index (χ3v) is 2.05. The summed E-state index contributed by atoms with van der Waals surface area (Å²) >= 11 is 5.52. The highest BCUT2D eigenvalue weighted by atomic mass is 35.5. The smallest absolute Gasteiger partial charge is 0.255 e. The second-order valence-electron chi connectivity index (χ2n) is 3.61. The average Bonchev–Trinajstić information content (AvgIpc) is 2.11. The van der Waals surface area contributed by atoms with Gasteiger partial charge in [-0.05, 0) is 26.0 Å². The molecule has 0 aliphatic carbocycles. The van der Waals surface area contributed by atoms with Crippen molar-refractivity contribution in [3.8, 4) is 0 Å². The number of hydrogen-bond donors (Lipinski definition) is 2. The molecule has 0 aliphatic rings. The molecule has 1 aromatic carbocycles. The Kier molecular flexibility index (Phi) is 3.31. The van der Waals surface area contributed by atoms with E-state index in [2.05, 4.69) is 5.32 Å². The predicted octanol–water partition coefficient (Wildman–Crippen LogP) is 2.19. The van der Waals surface area contributed by atoms with Crippen LogP contribution in [0.2, 0.25) is 5.02 Å². The minimum Gasteiger partial charge on any atom is -0.381 e. The van der Waals surface area contributed by atoms with Crippen LogP contribution in [0.25, 0.3) is 0 Å². The Hall–Kier alpha value is -1.13. The van der Waals surface area contributed by atoms with Gasteiger partial charge in [-0.1, -0.05) is 17.7 Å². The van der Waals surface area contributed by atoms with Gasteiger partial charge >= 0.3 is 0 Å². The number of aliphatic hydroxyl groups is 1. The third-order valence-electron chi connectivity index (χ3n) is 1.76. The van der Waals surface area contributed by atoms with E-state index in [4.69, 9.17) is 11.6 Å². The first kappa shape index (κ1) is 11.9. The van der Waals surface area contributed by atoms with Crippen LogP contribution in [-0.4, -0.2) is 16.6 Å². The van der Waals surface area contributed by atoms with Gasteiger partial charge in [-0.3, -0.25) is 4.79 Å². The van der Waals surface area contributed by atoms with E-state index < -0.39 is 17.3 Å². The molecular formula is C10H11ClFNO2. The summed E-state index contributed by atoms with van der Waals surface area (Å²) in [4.78, 5) is 11.3. The number of rotatable bonds is 2. The fourth-order valence-corrected chi connectivity index (χ4v) is 1.05. The number of carbonyl (C=O) groups excluding carboxylic acids is 1. The Balaban J connectivity index is 2.91. The second-order valence-corrected chi connectivity index (χ2v) is 4.02. The molecule has 0 heterocycles. The second kappa shape index (κ2) is 4.16. The van der Waals surface area contributed by atoms with Gasteiger partial charge in [0, 0.05) is 0 Å². The standard InChI is InChI=1S/C10H11ClFNO2/c1-10(2,15)9(14)13-7-5-3-4-6(11)8(7)12/h3-5,15H,1-2H3,(H,13,14). The highest BCUT2D eigenvalue weighted by Gasteiger charge is 2.24. The van der Waals surface area contributed by atoms with Gasteiger partial charge in [0.2, 0.25) is 0 Å². The number of hydrogen-bond acceptors (Lipinski definition) is 2. The number of benzene rings is 1. The highest BCUT2D eigenvalue weighted by molar-refractivity contribution is 6.31. The maximum Gasteiger partial charge on any atom is 0.255 e. The van der Waals surface area contributed by atoms with Crippen molar-refractivity contribution in [2.75, 3.05) is 5.32 Å². The van der Waals surface area contributed by atoms with Gasteiger partial charge in [-0.25, -0.2) is 4.39 Å². The summed E-state index contributed by atoms with van der Waals surface area (Å²) in [6.45, 7) is 2.62. The zero-order chi connectivity index (χ0) is 11.6. The van der Waals surface area contributed by atoms with Crippen molar-refractivity contribution in [2.45, 2.75) is 19.4 Å². The molecule has 0 bridgehead atoms. The molecule has 0 fully saturated rings. The molecule has 0 unspecified atom stereocenters. The maximum absolute atomic E-state index is 13.3. The van der Waals surface area contributed by atoms with Crippen molar-refractivity contribution >= 4 is 23.2 Å². The molecule has 1 rings (SSSR count). The molecular weight excluding hydrogens is 221 g/mol. The van der Waals surface area contributed by atoms with Gasteiger partial charge in [0.1, 0.15) is 5.60 Å². The molecule has 5 heteroatoms. The molecule has 0 radical (unpaired) electrons. The lowest BCUT2D eigenvalue weighted by Crippen LogP contribution is -2.36. The van der Waals surface area contributed by atoms with Crippen molar-refractivity contribution in [1.82, 2.24) is 0 Å². The summed E-state index contributed by atoms with van der Waals surface area (Å²) in [6.07, 6.45) is 0. The van der Waals surface area contributed by atoms with Crippen molar-refractivity contribution in [1.29, 1.82) is 0 Å². The first-order valence-electron chi connectivity index (χ1n) is 4.30. The lowest BCUT2D eigenvalue weighted by Gasteiger charge is -2.16. The number of halogens is 2. The topological polar surface area (TPSA) is 49.3 Å². The number of nitrogens with one attached hydrogen (secondary N) is 1. The molecule has 0 saturated carbocycles. The van der Waals surface area contributed by atoms with Crippen LogP contribution >= 0.6 is 11.6 Å². The fourth-order valence-electron chi connectivity index (χ4n) is 0.876. The minimum atomic E-state index is -1.56. The van der Waals surface area contributed by atoms with Crippen LogP contribution < -0.4 is 5.32 Å². The molecule has 1 amide bonds. The van der Waals surface area contributed by atoms with Crippen molar-refractivity contribution in [3.63, 3.8) is 0 Å². The van der Waals surface area contributed by atoms with Crippen LogP contribution in [0.3, 0.4) is 0 Å². The van der Waals surface area contributed by atoms with E-state index >= 15 is 0 Å². The molecule has 1 aromatic rings. The van der Waals surface area contributed by atoms with E-state index in [-0.39, 0.29) is 10.7 Å². The van der Waals surface area contributed by atoms with E-state index in [1.165, 1.54) is 32.0 Å². The van der Waals surface area contributed by atoms with Crippen LogP contribution in [0.5, 0.6) is 0 Å². The van der Waals surface area contributed by atoms with Gasteiger partial charge in [-0.2, -0.15) is 0 Å². The zero-order valence-electron chi connectivity index (χ0n) is 8.34. The SMILES string of the molecule is CC(C)(O)C(=O)Nc1cccc(Cl)c1F. The Morgan fingerprint density at radius 3 is 2.67 bits per heavy atom. The number of carbonyl (C=O) groups is 1. The fraction of sp³-hybridized carbons (Fsp3) is 0.300. The summed E-state index contributed by atoms with van der Waals surface area (Å²) in [5.41, 5.74) is -1.61. The molecule has 0 aliphatic heterocycles. The third kappa shape index (κ3) is 2.91. The molecule has 15 heavy (non-hydrogen) atoms. The summed E-state index contributed by atoms with van der Waals surface area (Å²) in [6, 6.07) is 4.24. The molecule has 0 atom stereocenters. The summed E-state index contributed by atoms with van der Waals surface area (Å²) in [5.74, 6) is -1.40. The normalized spacial score (nSPS) is 11.3. The molecule has 0 spiro atoms. The van der Waals surface area contributed by atoms with Crippen molar-refractivity contribution < 1.29 is 14.3 Å². The summed E-state index contributed by atoms with van der Waals surface area (Å²) < 4.78 is 13.3. The zero-order valence-corrected chi connectivity index (χ0v) is 9.10. The van der Waals surface area contributed by atoms with Crippen molar-refractivity contribution in [2.24, 2.45) is 0 Å². The first-order valence-corrected chi connectivity index (χ1v) is 4.68. The van der Waals surface area contributed by atoms with Gasteiger partial charge in [0.15, 0.2) is 5.82 Å². The van der Waals surface area contributed by atoms with Crippen LogP contribution in [0.4, 0.5) is 10.1 Å². The number of amides is 1. The van der Waals surface area contributed by atoms with E-state index in [9.17, 15) is 14.3 Å². The molecule has 0 aromatic heterocycles. The maximum atomic E-state index is 13.3. The monoisotopic (exact) mass is 231 g/mol. The average molecular weight is 232 g/mol. The van der Waals surface area contributed by atoms with Gasteiger partial charge in [0.05, 0.1) is 10.7 Å². The van der Waals surface area contributed by atoms with Gasteiger partial charge in [0.25, 0.3) is 5.91 Å². The van der Waals surface area contributed by atoms with Crippen molar-refractivity contribution in [3.05, 3.63) is 29.0 Å². The number of anilines is 1. The van der Waals surface area contributed by atoms with E-state index in [1.54, 1.807) is 0 Å². The predicted molar refractivity (Wildman–Crippen MR) is 56.3 cm³/mol. The summed E-state index contributed by atoms with van der Waals surface area (Å²) in [7, 11) is 0. The van der Waals surface area contributed by atoms with Crippen LogP contribution in [0.1, 0.15) is 13.8 Å². The quantitative estimate of drug-likeness (QED) is 0.820. The molecule has 82 valence electrons. The van der Waals surface area contributed by atoms with Crippen LogP contribution in [0.15, 0.2) is 18.2 Å². The van der Waals surface area contributed by atoms with Crippen LogP contribution in [-0.2, 0) is 4.79 Å². The highest BCUT2D eigenvalue weighted by Crippen LogP contribution is 2.22. The van der Waals surface area contributed by atoms with Gasteiger partial charge in [-0.15, -0.1) is 0 Å². The van der Waals surface area contributed by atoms with E-state index in [1.807, 2.05) is 0 Å². The van der Waals surface area contributed by atoms with E-state index in [0.29, 0.717) is 0 Å².